The summed E-state index contributed by atoms with van der Waals surface area (Å²) >= 11 is 3.29. The fourth-order valence-electron chi connectivity index (χ4n) is 1.87. The second-order valence-electron chi connectivity index (χ2n) is 4.48. The molecule has 1 rings (SSSR count). The first-order valence-electron chi connectivity index (χ1n) is 6.42. The number of amides is 1. The molecule has 1 amide bonds. The Bertz CT molecular complexity index is 581. The molecule has 5 nitrogen and oxygen atoms in total. The molecule has 0 saturated heterocycles. The summed E-state index contributed by atoms with van der Waals surface area (Å²) in [4.78, 5) is 14.1. The maximum absolute atomic E-state index is 12.5. The van der Waals surface area contributed by atoms with E-state index in [1.54, 1.807) is 4.90 Å². The summed E-state index contributed by atoms with van der Waals surface area (Å²) in [6.45, 7) is 5.26. The van der Waals surface area contributed by atoms with Crippen molar-refractivity contribution in [2.45, 2.75) is 31.6 Å². The van der Waals surface area contributed by atoms with Gasteiger partial charge in [0.2, 0.25) is 10.0 Å². The van der Waals surface area contributed by atoms with Crippen LogP contribution in [0.2, 0.25) is 0 Å². The van der Waals surface area contributed by atoms with Gasteiger partial charge in [0.05, 0.1) is 10.5 Å². The van der Waals surface area contributed by atoms with Crippen LogP contribution in [-0.2, 0) is 10.0 Å². The van der Waals surface area contributed by atoms with Crippen LogP contribution in [0.15, 0.2) is 27.6 Å². The number of primary sulfonamides is 1. The van der Waals surface area contributed by atoms with Gasteiger partial charge < -0.3 is 4.90 Å². The lowest BCUT2D eigenvalue weighted by molar-refractivity contribution is 0.0754. The summed E-state index contributed by atoms with van der Waals surface area (Å²) < 4.78 is 23.3. The highest BCUT2D eigenvalue weighted by Gasteiger charge is 2.19. The summed E-state index contributed by atoms with van der Waals surface area (Å²) in [5, 5.41) is 5.10. The maximum atomic E-state index is 12.5. The molecule has 0 atom stereocenters. The third-order valence-electron chi connectivity index (χ3n) is 2.77. The summed E-state index contributed by atoms with van der Waals surface area (Å²) in [6, 6.07) is 4.23. The summed E-state index contributed by atoms with van der Waals surface area (Å²) in [7, 11) is -3.82. The SMILES string of the molecule is CCCN(CCC)C(=O)c1cc(S(N)(=O)=O)ccc1Br. The number of carbonyl (C=O) groups excluding carboxylic acids is 1. The molecular weight excluding hydrogens is 344 g/mol. The topological polar surface area (TPSA) is 80.5 Å². The van der Waals surface area contributed by atoms with Gasteiger partial charge in [-0.15, -0.1) is 0 Å². The Hall–Kier alpha value is -0.920. The molecule has 0 unspecified atom stereocenters. The zero-order valence-electron chi connectivity index (χ0n) is 11.6. The fraction of sp³-hybridized carbons (Fsp3) is 0.462. The third-order valence-corrected chi connectivity index (χ3v) is 4.37. The largest absolute Gasteiger partial charge is 0.339 e. The molecule has 20 heavy (non-hydrogen) atoms. The van der Waals surface area contributed by atoms with Crippen molar-refractivity contribution in [3.8, 4) is 0 Å². The van der Waals surface area contributed by atoms with Gasteiger partial charge in [-0.3, -0.25) is 4.79 Å². The predicted molar refractivity (Wildman–Crippen MR) is 82.0 cm³/mol. The average molecular weight is 363 g/mol. The van der Waals surface area contributed by atoms with Crippen LogP contribution in [0, 0.1) is 0 Å². The molecule has 0 aromatic heterocycles. The van der Waals surface area contributed by atoms with E-state index in [0.717, 1.165) is 12.8 Å². The van der Waals surface area contributed by atoms with Crippen molar-refractivity contribution >= 4 is 31.9 Å². The number of rotatable bonds is 6. The standard InChI is InChI=1S/C13H19BrN2O3S/c1-3-7-16(8-4-2)13(17)11-9-10(20(15,18)19)5-6-12(11)14/h5-6,9H,3-4,7-8H2,1-2H3,(H2,15,18,19). The highest BCUT2D eigenvalue weighted by molar-refractivity contribution is 9.10. The molecule has 0 aliphatic rings. The molecule has 1 aromatic carbocycles. The van der Waals surface area contributed by atoms with Gasteiger partial charge >= 0.3 is 0 Å². The van der Waals surface area contributed by atoms with E-state index in [0.29, 0.717) is 23.1 Å². The first-order chi connectivity index (χ1) is 9.31. The second kappa shape index (κ2) is 7.19. The molecule has 0 saturated carbocycles. The Morgan fingerprint density at radius 3 is 2.25 bits per heavy atom. The molecule has 0 spiro atoms. The zero-order valence-corrected chi connectivity index (χ0v) is 14.0. The van der Waals surface area contributed by atoms with Crippen molar-refractivity contribution in [2.24, 2.45) is 5.14 Å². The second-order valence-corrected chi connectivity index (χ2v) is 6.89. The van der Waals surface area contributed by atoms with E-state index >= 15 is 0 Å². The maximum Gasteiger partial charge on any atom is 0.255 e. The minimum atomic E-state index is -3.82. The zero-order chi connectivity index (χ0) is 15.3. The van der Waals surface area contributed by atoms with Gasteiger partial charge in [0, 0.05) is 17.6 Å². The Balaban J connectivity index is 3.20. The van der Waals surface area contributed by atoms with E-state index in [-0.39, 0.29) is 10.8 Å². The number of carbonyl (C=O) groups is 1. The van der Waals surface area contributed by atoms with Crippen LogP contribution in [0.3, 0.4) is 0 Å². The van der Waals surface area contributed by atoms with E-state index in [4.69, 9.17) is 5.14 Å². The van der Waals surface area contributed by atoms with E-state index < -0.39 is 10.0 Å². The van der Waals surface area contributed by atoms with Crippen LogP contribution < -0.4 is 5.14 Å². The van der Waals surface area contributed by atoms with Crippen molar-refractivity contribution in [3.63, 3.8) is 0 Å². The minimum Gasteiger partial charge on any atom is -0.339 e. The van der Waals surface area contributed by atoms with Crippen molar-refractivity contribution in [2.75, 3.05) is 13.1 Å². The summed E-state index contributed by atoms with van der Waals surface area (Å²) in [6.07, 6.45) is 1.69. The minimum absolute atomic E-state index is 0.0583. The summed E-state index contributed by atoms with van der Waals surface area (Å²) in [5.74, 6) is -0.189. The van der Waals surface area contributed by atoms with E-state index in [9.17, 15) is 13.2 Å². The Morgan fingerprint density at radius 2 is 1.80 bits per heavy atom. The lowest BCUT2D eigenvalue weighted by Gasteiger charge is -2.22. The Morgan fingerprint density at radius 1 is 1.25 bits per heavy atom. The lowest BCUT2D eigenvalue weighted by atomic mass is 10.2. The van der Waals surface area contributed by atoms with Gasteiger partial charge in [-0.1, -0.05) is 13.8 Å². The first-order valence-corrected chi connectivity index (χ1v) is 8.76. The molecule has 7 heteroatoms. The molecule has 1 aromatic rings. The molecule has 2 N–H and O–H groups in total. The van der Waals surface area contributed by atoms with Crippen LogP contribution >= 0.6 is 15.9 Å². The monoisotopic (exact) mass is 362 g/mol. The number of hydrogen-bond donors (Lipinski definition) is 1. The molecule has 0 heterocycles. The smallest absolute Gasteiger partial charge is 0.255 e. The van der Waals surface area contributed by atoms with Crippen molar-refractivity contribution in [1.29, 1.82) is 0 Å². The van der Waals surface area contributed by atoms with Crippen LogP contribution in [0.4, 0.5) is 0 Å². The van der Waals surface area contributed by atoms with E-state index in [1.165, 1.54) is 18.2 Å². The molecule has 0 aliphatic carbocycles. The predicted octanol–water partition coefficient (Wildman–Crippen LogP) is 2.36. The fourth-order valence-corrected chi connectivity index (χ4v) is 2.83. The number of nitrogens with zero attached hydrogens (tertiary/aromatic N) is 1. The van der Waals surface area contributed by atoms with Crippen LogP contribution in [0.5, 0.6) is 0 Å². The van der Waals surface area contributed by atoms with Crippen molar-refractivity contribution in [3.05, 3.63) is 28.2 Å². The number of nitrogens with two attached hydrogens (primary N) is 1. The van der Waals surface area contributed by atoms with Crippen molar-refractivity contribution < 1.29 is 13.2 Å². The number of sulfonamides is 1. The molecule has 0 fully saturated rings. The quantitative estimate of drug-likeness (QED) is 0.843. The van der Waals surface area contributed by atoms with Gasteiger partial charge in [-0.05, 0) is 47.0 Å². The third kappa shape index (κ3) is 4.29. The first kappa shape index (κ1) is 17.1. The van der Waals surface area contributed by atoms with E-state index in [1.807, 2.05) is 13.8 Å². The highest BCUT2D eigenvalue weighted by Crippen LogP contribution is 2.22. The van der Waals surface area contributed by atoms with Crippen molar-refractivity contribution in [1.82, 2.24) is 4.90 Å². The molecule has 112 valence electrons. The number of benzene rings is 1. The van der Waals surface area contributed by atoms with Crippen LogP contribution in [0.1, 0.15) is 37.0 Å². The average Bonchev–Trinajstić information content (AvgIpc) is 2.37. The lowest BCUT2D eigenvalue weighted by Crippen LogP contribution is -2.33. The van der Waals surface area contributed by atoms with Crippen LogP contribution in [-0.4, -0.2) is 32.3 Å². The Kier molecular flexibility index (Phi) is 6.16. The van der Waals surface area contributed by atoms with Crippen LogP contribution in [0.25, 0.3) is 0 Å². The van der Waals surface area contributed by atoms with Gasteiger partial charge in [0.25, 0.3) is 5.91 Å². The summed E-state index contributed by atoms with van der Waals surface area (Å²) in [5.41, 5.74) is 0.318. The number of hydrogen-bond acceptors (Lipinski definition) is 3. The molecule has 0 radical (unpaired) electrons. The molecular formula is C13H19BrN2O3S. The van der Waals surface area contributed by atoms with Gasteiger partial charge in [-0.2, -0.15) is 0 Å². The molecule has 0 bridgehead atoms. The van der Waals surface area contributed by atoms with Gasteiger partial charge in [0.1, 0.15) is 0 Å². The van der Waals surface area contributed by atoms with Gasteiger partial charge in [0.15, 0.2) is 0 Å². The molecule has 0 aliphatic heterocycles. The van der Waals surface area contributed by atoms with Gasteiger partial charge in [-0.25, -0.2) is 13.6 Å². The highest BCUT2D eigenvalue weighted by atomic mass is 79.9. The number of halogens is 1. The normalized spacial score (nSPS) is 11.4. The van der Waals surface area contributed by atoms with E-state index in [2.05, 4.69) is 15.9 Å². The Labute approximate surface area is 128 Å².